The van der Waals surface area contributed by atoms with E-state index in [1.807, 2.05) is 30.3 Å². The lowest BCUT2D eigenvalue weighted by Gasteiger charge is -2.21. The van der Waals surface area contributed by atoms with Crippen molar-refractivity contribution in [2.75, 3.05) is 26.1 Å². The Morgan fingerprint density at radius 3 is 2.50 bits per heavy atom. The molecule has 0 fully saturated rings. The molecular formula is C23H29N3O2. The fourth-order valence-corrected chi connectivity index (χ4v) is 3.58. The first-order chi connectivity index (χ1) is 13.6. The summed E-state index contributed by atoms with van der Waals surface area (Å²) in [5.41, 5.74) is 10.7. The number of benzene rings is 2. The van der Waals surface area contributed by atoms with Gasteiger partial charge in [-0.05, 0) is 44.4 Å². The standard InChI is InChI=1S/C23H29N3O2/c1-15-13-20(28-4)26-23-18(25-16(2)9-8-12-24)14-19(27-3)22(21(15)23)17-10-6-5-7-11-17/h5-7,10-11,13-14,16,25H,8-9,12,24H2,1-4H3. The van der Waals surface area contributed by atoms with Crippen molar-refractivity contribution in [3.8, 4) is 22.8 Å². The van der Waals surface area contributed by atoms with Crippen LogP contribution in [0.5, 0.6) is 11.6 Å². The van der Waals surface area contributed by atoms with Gasteiger partial charge in [-0.2, -0.15) is 0 Å². The van der Waals surface area contributed by atoms with E-state index in [1.54, 1.807) is 14.2 Å². The molecule has 0 saturated carbocycles. The van der Waals surface area contributed by atoms with Gasteiger partial charge >= 0.3 is 0 Å². The number of methoxy groups -OCH3 is 2. The molecule has 3 rings (SSSR count). The van der Waals surface area contributed by atoms with Gasteiger partial charge in [-0.25, -0.2) is 4.98 Å². The Kier molecular flexibility index (Phi) is 6.37. The second-order valence-corrected chi connectivity index (χ2v) is 7.05. The zero-order chi connectivity index (χ0) is 20.1. The van der Waals surface area contributed by atoms with Gasteiger partial charge in [-0.3, -0.25) is 0 Å². The molecule has 0 aliphatic carbocycles. The molecule has 2 aromatic carbocycles. The Bertz CT molecular complexity index is 942. The number of hydrogen-bond acceptors (Lipinski definition) is 5. The monoisotopic (exact) mass is 379 g/mol. The van der Waals surface area contributed by atoms with E-state index in [1.165, 1.54) is 0 Å². The molecule has 0 bridgehead atoms. The van der Waals surface area contributed by atoms with Crippen LogP contribution < -0.4 is 20.5 Å². The molecule has 3 N–H and O–H groups in total. The Morgan fingerprint density at radius 1 is 1.11 bits per heavy atom. The number of aryl methyl sites for hydroxylation is 1. The fraction of sp³-hybridized carbons (Fsp3) is 0.348. The Labute approximate surface area is 166 Å². The number of ether oxygens (including phenoxy) is 2. The summed E-state index contributed by atoms with van der Waals surface area (Å²) in [5, 5.41) is 4.67. The van der Waals surface area contributed by atoms with E-state index >= 15 is 0 Å². The van der Waals surface area contributed by atoms with Crippen LogP contribution in [0.3, 0.4) is 0 Å². The molecule has 148 valence electrons. The molecule has 0 saturated heterocycles. The SMILES string of the molecule is COc1cc(C)c2c(-c3ccccc3)c(OC)cc(NC(C)CCCN)c2n1. The second kappa shape index (κ2) is 8.93. The van der Waals surface area contributed by atoms with Crippen LogP contribution in [0.15, 0.2) is 42.5 Å². The average Bonchev–Trinajstić information content (AvgIpc) is 2.72. The molecule has 1 unspecified atom stereocenters. The minimum Gasteiger partial charge on any atom is -0.496 e. The zero-order valence-corrected chi connectivity index (χ0v) is 17.1. The third-order valence-corrected chi connectivity index (χ3v) is 4.95. The van der Waals surface area contributed by atoms with E-state index < -0.39 is 0 Å². The summed E-state index contributed by atoms with van der Waals surface area (Å²) in [5.74, 6) is 1.43. The predicted octanol–water partition coefficient (Wildman–Crippen LogP) is 4.77. The first-order valence-corrected chi connectivity index (χ1v) is 9.67. The van der Waals surface area contributed by atoms with Gasteiger partial charge in [0.05, 0.1) is 25.4 Å². The number of nitrogens with zero attached hydrogens (tertiary/aromatic N) is 1. The molecule has 1 heterocycles. The van der Waals surface area contributed by atoms with Crippen molar-refractivity contribution in [2.45, 2.75) is 32.7 Å². The minimum absolute atomic E-state index is 0.271. The van der Waals surface area contributed by atoms with Gasteiger partial charge in [0.25, 0.3) is 0 Å². The van der Waals surface area contributed by atoms with Gasteiger partial charge < -0.3 is 20.5 Å². The number of aromatic nitrogens is 1. The maximum atomic E-state index is 5.80. The summed E-state index contributed by atoms with van der Waals surface area (Å²) in [6.07, 6.45) is 1.96. The first kappa shape index (κ1) is 20.0. The van der Waals surface area contributed by atoms with E-state index in [-0.39, 0.29) is 6.04 Å². The number of nitrogens with two attached hydrogens (primary N) is 1. The van der Waals surface area contributed by atoms with Crippen LogP contribution in [0, 0.1) is 6.92 Å². The number of pyridine rings is 1. The zero-order valence-electron chi connectivity index (χ0n) is 17.1. The maximum absolute atomic E-state index is 5.80. The Morgan fingerprint density at radius 2 is 1.86 bits per heavy atom. The van der Waals surface area contributed by atoms with Gasteiger partial charge in [0.15, 0.2) is 0 Å². The molecule has 1 aromatic heterocycles. The second-order valence-electron chi connectivity index (χ2n) is 7.05. The van der Waals surface area contributed by atoms with E-state index in [2.05, 4.69) is 31.3 Å². The van der Waals surface area contributed by atoms with Gasteiger partial charge in [-0.1, -0.05) is 30.3 Å². The van der Waals surface area contributed by atoms with E-state index in [0.29, 0.717) is 12.4 Å². The highest BCUT2D eigenvalue weighted by Gasteiger charge is 2.19. The van der Waals surface area contributed by atoms with E-state index in [9.17, 15) is 0 Å². The lowest BCUT2D eigenvalue weighted by Crippen LogP contribution is -2.17. The smallest absolute Gasteiger partial charge is 0.213 e. The number of nitrogens with one attached hydrogen (secondary N) is 1. The molecule has 0 aliphatic heterocycles. The van der Waals surface area contributed by atoms with Crippen molar-refractivity contribution in [3.05, 3.63) is 48.0 Å². The number of rotatable bonds is 8. The van der Waals surface area contributed by atoms with Crippen LogP contribution in [0.4, 0.5) is 5.69 Å². The normalized spacial score (nSPS) is 12.0. The van der Waals surface area contributed by atoms with Crippen LogP contribution >= 0.6 is 0 Å². The number of hydrogen-bond donors (Lipinski definition) is 2. The fourth-order valence-electron chi connectivity index (χ4n) is 3.58. The van der Waals surface area contributed by atoms with Gasteiger partial charge in [-0.15, -0.1) is 0 Å². The lowest BCUT2D eigenvalue weighted by molar-refractivity contribution is 0.399. The largest absolute Gasteiger partial charge is 0.496 e. The maximum Gasteiger partial charge on any atom is 0.213 e. The molecule has 3 aromatic rings. The predicted molar refractivity (Wildman–Crippen MR) is 116 cm³/mol. The molecule has 0 amide bonds. The molecule has 1 atom stereocenters. The summed E-state index contributed by atoms with van der Waals surface area (Å²) in [6, 6.07) is 14.6. The van der Waals surface area contributed by atoms with Crippen LogP contribution in [0.25, 0.3) is 22.0 Å². The minimum atomic E-state index is 0.271. The number of anilines is 1. The number of fused-ring (bicyclic) bond motifs is 1. The summed E-state index contributed by atoms with van der Waals surface area (Å²) >= 11 is 0. The quantitative estimate of drug-likeness (QED) is 0.590. The Balaban J connectivity index is 2.26. The first-order valence-electron chi connectivity index (χ1n) is 9.67. The average molecular weight is 380 g/mol. The molecule has 0 radical (unpaired) electrons. The highest BCUT2D eigenvalue weighted by atomic mass is 16.5. The highest BCUT2D eigenvalue weighted by Crippen LogP contribution is 2.42. The third kappa shape index (κ3) is 4.04. The van der Waals surface area contributed by atoms with Gasteiger partial charge in [0.2, 0.25) is 5.88 Å². The van der Waals surface area contributed by atoms with E-state index in [4.69, 9.17) is 20.2 Å². The van der Waals surface area contributed by atoms with Crippen LogP contribution in [-0.2, 0) is 0 Å². The molecule has 5 heteroatoms. The molecule has 0 spiro atoms. The summed E-state index contributed by atoms with van der Waals surface area (Å²) in [4.78, 5) is 4.78. The molecular weight excluding hydrogens is 350 g/mol. The lowest BCUT2D eigenvalue weighted by atomic mass is 9.95. The molecule has 0 aliphatic rings. The van der Waals surface area contributed by atoms with Crippen LogP contribution in [0.1, 0.15) is 25.3 Å². The van der Waals surface area contributed by atoms with Crippen LogP contribution in [-0.4, -0.2) is 31.8 Å². The Hall–Kier alpha value is -2.79. The van der Waals surface area contributed by atoms with Crippen molar-refractivity contribution in [1.29, 1.82) is 0 Å². The van der Waals surface area contributed by atoms with Crippen molar-refractivity contribution < 1.29 is 9.47 Å². The third-order valence-electron chi connectivity index (χ3n) is 4.95. The summed E-state index contributed by atoms with van der Waals surface area (Å²) in [7, 11) is 3.35. The summed E-state index contributed by atoms with van der Waals surface area (Å²) in [6.45, 7) is 4.93. The highest BCUT2D eigenvalue weighted by molar-refractivity contribution is 6.06. The molecule has 28 heavy (non-hydrogen) atoms. The van der Waals surface area contributed by atoms with E-state index in [0.717, 1.165) is 51.9 Å². The van der Waals surface area contributed by atoms with Gasteiger partial charge in [0, 0.05) is 29.1 Å². The van der Waals surface area contributed by atoms with Gasteiger partial charge in [0.1, 0.15) is 5.75 Å². The molecule has 5 nitrogen and oxygen atoms in total. The van der Waals surface area contributed by atoms with Crippen molar-refractivity contribution in [2.24, 2.45) is 5.73 Å². The van der Waals surface area contributed by atoms with Crippen molar-refractivity contribution in [1.82, 2.24) is 4.98 Å². The topological polar surface area (TPSA) is 69.4 Å². The van der Waals surface area contributed by atoms with Crippen molar-refractivity contribution >= 4 is 16.6 Å². The summed E-state index contributed by atoms with van der Waals surface area (Å²) < 4.78 is 11.2. The van der Waals surface area contributed by atoms with Crippen LogP contribution in [0.2, 0.25) is 0 Å². The van der Waals surface area contributed by atoms with Crippen molar-refractivity contribution in [3.63, 3.8) is 0 Å².